The summed E-state index contributed by atoms with van der Waals surface area (Å²) in [6, 6.07) is 1.75. The molecule has 126 valence electrons. The first-order valence-electron chi connectivity index (χ1n) is 8.09. The molecule has 2 fully saturated rings. The summed E-state index contributed by atoms with van der Waals surface area (Å²) >= 11 is 0. The Morgan fingerprint density at radius 3 is 2.74 bits per heavy atom. The van der Waals surface area contributed by atoms with E-state index in [1.54, 1.807) is 31.1 Å². The number of methoxy groups -OCH3 is 1. The van der Waals surface area contributed by atoms with Crippen molar-refractivity contribution >= 4 is 11.8 Å². The van der Waals surface area contributed by atoms with Gasteiger partial charge in [0.1, 0.15) is 5.69 Å². The molecule has 7 nitrogen and oxygen atoms in total. The number of ether oxygens (including phenoxy) is 1. The van der Waals surface area contributed by atoms with Crippen LogP contribution in [0.2, 0.25) is 0 Å². The normalized spacial score (nSPS) is 20.5. The first-order chi connectivity index (χ1) is 11.0. The van der Waals surface area contributed by atoms with Crippen molar-refractivity contribution < 1.29 is 14.3 Å². The van der Waals surface area contributed by atoms with Gasteiger partial charge in [0.15, 0.2) is 0 Å². The SMILES string of the molecule is COCCN1CC2(CCN(C(=O)c3ccnn3C)CC2)CC1=O. The Bertz CT molecular complexity index is 590. The number of rotatable bonds is 4. The van der Waals surface area contributed by atoms with Crippen LogP contribution in [-0.4, -0.2) is 71.3 Å². The van der Waals surface area contributed by atoms with E-state index >= 15 is 0 Å². The predicted molar refractivity (Wildman–Crippen MR) is 83.9 cm³/mol. The number of piperidine rings is 1. The summed E-state index contributed by atoms with van der Waals surface area (Å²) in [6.45, 7) is 3.44. The minimum Gasteiger partial charge on any atom is -0.383 e. The number of carbonyl (C=O) groups is 2. The number of hydrogen-bond acceptors (Lipinski definition) is 4. The van der Waals surface area contributed by atoms with Gasteiger partial charge >= 0.3 is 0 Å². The highest BCUT2D eigenvalue weighted by molar-refractivity contribution is 5.92. The molecule has 1 aromatic rings. The topological polar surface area (TPSA) is 67.7 Å². The molecule has 7 heteroatoms. The molecule has 0 atom stereocenters. The Labute approximate surface area is 136 Å². The standard InChI is InChI=1S/C16H24N4O3/c1-18-13(3-6-17-18)15(22)19-7-4-16(5-8-19)11-14(21)20(12-16)9-10-23-2/h3,6H,4-5,7-12H2,1-2H3. The zero-order valence-corrected chi connectivity index (χ0v) is 13.8. The zero-order valence-electron chi connectivity index (χ0n) is 13.8. The van der Waals surface area contributed by atoms with Crippen molar-refractivity contribution in [3.8, 4) is 0 Å². The van der Waals surface area contributed by atoms with E-state index in [9.17, 15) is 9.59 Å². The fourth-order valence-corrected chi connectivity index (χ4v) is 3.65. The maximum absolute atomic E-state index is 12.5. The van der Waals surface area contributed by atoms with Gasteiger partial charge in [-0.2, -0.15) is 5.10 Å². The van der Waals surface area contributed by atoms with Gasteiger partial charge in [0.25, 0.3) is 5.91 Å². The molecule has 0 N–H and O–H groups in total. The molecule has 23 heavy (non-hydrogen) atoms. The Kier molecular flexibility index (Phi) is 4.39. The minimum absolute atomic E-state index is 0.0282. The van der Waals surface area contributed by atoms with Crippen molar-refractivity contribution in [1.82, 2.24) is 19.6 Å². The van der Waals surface area contributed by atoms with Crippen LogP contribution < -0.4 is 0 Å². The van der Waals surface area contributed by atoms with Gasteiger partial charge in [0.05, 0.1) is 6.61 Å². The monoisotopic (exact) mass is 320 g/mol. The average molecular weight is 320 g/mol. The molecule has 0 saturated carbocycles. The number of carbonyl (C=O) groups excluding carboxylic acids is 2. The van der Waals surface area contributed by atoms with E-state index in [0.717, 1.165) is 19.4 Å². The summed E-state index contributed by atoms with van der Waals surface area (Å²) in [5.41, 5.74) is 0.652. The molecular formula is C16H24N4O3. The lowest BCUT2D eigenvalue weighted by Crippen LogP contribution is -2.44. The lowest BCUT2D eigenvalue weighted by molar-refractivity contribution is -0.128. The molecule has 2 aliphatic heterocycles. The Hall–Kier alpha value is -1.89. The lowest BCUT2D eigenvalue weighted by atomic mass is 9.77. The fraction of sp³-hybridized carbons (Fsp3) is 0.688. The number of aromatic nitrogens is 2. The van der Waals surface area contributed by atoms with Crippen LogP contribution in [0.4, 0.5) is 0 Å². The summed E-state index contributed by atoms with van der Waals surface area (Å²) in [6.07, 6.45) is 4.00. The number of amides is 2. The van der Waals surface area contributed by atoms with Crippen LogP contribution in [0.3, 0.4) is 0 Å². The Morgan fingerprint density at radius 2 is 2.13 bits per heavy atom. The van der Waals surface area contributed by atoms with Crippen molar-refractivity contribution in [2.24, 2.45) is 12.5 Å². The summed E-state index contributed by atoms with van der Waals surface area (Å²) in [5.74, 6) is 0.244. The molecule has 2 aliphatic rings. The van der Waals surface area contributed by atoms with Gasteiger partial charge in [0.2, 0.25) is 5.91 Å². The predicted octanol–water partition coefficient (Wildman–Crippen LogP) is 0.521. The van der Waals surface area contributed by atoms with Crippen LogP contribution in [-0.2, 0) is 16.6 Å². The van der Waals surface area contributed by atoms with Gasteiger partial charge in [-0.25, -0.2) is 0 Å². The molecule has 0 bridgehead atoms. The first kappa shape index (κ1) is 16.0. The third-order valence-corrected chi connectivity index (χ3v) is 5.12. The van der Waals surface area contributed by atoms with Crippen LogP contribution in [0, 0.1) is 5.41 Å². The van der Waals surface area contributed by atoms with E-state index in [1.165, 1.54) is 0 Å². The summed E-state index contributed by atoms with van der Waals surface area (Å²) in [7, 11) is 3.43. The smallest absolute Gasteiger partial charge is 0.272 e. The molecule has 1 aromatic heterocycles. The summed E-state index contributed by atoms with van der Waals surface area (Å²) in [5, 5.41) is 4.06. The molecule has 3 heterocycles. The van der Waals surface area contributed by atoms with Crippen molar-refractivity contribution in [2.75, 3.05) is 39.9 Å². The summed E-state index contributed by atoms with van der Waals surface area (Å²) < 4.78 is 6.68. The van der Waals surface area contributed by atoms with Crippen LogP contribution >= 0.6 is 0 Å². The molecule has 2 saturated heterocycles. The number of aryl methyl sites for hydroxylation is 1. The van der Waals surface area contributed by atoms with Crippen molar-refractivity contribution in [3.63, 3.8) is 0 Å². The van der Waals surface area contributed by atoms with Crippen LogP contribution in [0.15, 0.2) is 12.3 Å². The maximum atomic E-state index is 12.5. The Balaban J connectivity index is 1.59. The first-order valence-corrected chi connectivity index (χ1v) is 8.09. The molecule has 0 aromatic carbocycles. The number of nitrogens with zero attached hydrogens (tertiary/aromatic N) is 4. The van der Waals surface area contributed by atoms with E-state index in [2.05, 4.69) is 5.10 Å². The second-order valence-electron chi connectivity index (χ2n) is 6.62. The summed E-state index contributed by atoms with van der Waals surface area (Å²) in [4.78, 5) is 28.5. The highest BCUT2D eigenvalue weighted by Crippen LogP contribution is 2.41. The Morgan fingerprint density at radius 1 is 1.39 bits per heavy atom. The maximum Gasteiger partial charge on any atom is 0.272 e. The highest BCUT2D eigenvalue weighted by Gasteiger charge is 2.45. The van der Waals surface area contributed by atoms with Crippen LogP contribution in [0.25, 0.3) is 0 Å². The molecule has 2 amide bonds. The van der Waals surface area contributed by atoms with E-state index in [4.69, 9.17) is 4.74 Å². The molecule has 1 spiro atoms. The number of hydrogen-bond donors (Lipinski definition) is 0. The van der Waals surface area contributed by atoms with Gasteiger partial charge in [-0.1, -0.05) is 0 Å². The molecule has 3 rings (SSSR count). The van der Waals surface area contributed by atoms with Gasteiger partial charge in [-0.3, -0.25) is 14.3 Å². The lowest BCUT2D eigenvalue weighted by Gasteiger charge is -2.38. The van der Waals surface area contributed by atoms with Gasteiger partial charge in [-0.15, -0.1) is 0 Å². The second-order valence-corrected chi connectivity index (χ2v) is 6.62. The van der Waals surface area contributed by atoms with E-state index in [-0.39, 0.29) is 17.2 Å². The van der Waals surface area contributed by atoms with Gasteiger partial charge in [-0.05, 0) is 18.9 Å². The number of likely N-dealkylation sites (tertiary alicyclic amines) is 2. The van der Waals surface area contributed by atoms with Crippen molar-refractivity contribution in [3.05, 3.63) is 18.0 Å². The van der Waals surface area contributed by atoms with Crippen LogP contribution in [0.5, 0.6) is 0 Å². The second kappa shape index (κ2) is 6.31. The zero-order chi connectivity index (χ0) is 16.4. The van der Waals surface area contributed by atoms with E-state index in [1.807, 2.05) is 9.80 Å². The third kappa shape index (κ3) is 3.10. The fourth-order valence-electron chi connectivity index (χ4n) is 3.65. The quantitative estimate of drug-likeness (QED) is 0.811. The minimum atomic E-state index is 0.0282. The van der Waals surface area contributed by atoms with Gasteiger partial charge < -0.3 is 14.5 Å². The van der Waals surface area contributed by atoms with Crippen molar-refractivity contribution in [2.45, 2.75) is 19.3 Å². The molecule has 0 unspecified atom stereocenters. The van der Waals surface area contributed by atoms with E-state index < -0.39 is 0 Å². The molecule has 0 radical (unpaired) electrons. The molecular weight excluding hydrogens is 296 g/mol. The van der Waals surface area contributed by atoms with Crippen LogP contribution in [0.1, 0.15) is 29.8 Å². The molecule has 0 aliphatic carbocycles. The largest absolute Gasteiger partial charge is 0.383 e. The van der Waals surface area contributed by atoms with Crippen molar-refractivity contribution in [1.29, 1.82) is 0 Å². The third-order valence-electron chi connectivity index (χ3n) is 5.12. The van der Waals surface area contributed by atoms with E-state index in [0.29, 0.717) is 38.4 Å². The highest BCUT2D eigenvalue weighted by atomic mass is 16.5. The van der Waals surface area contributed by atoms with Gasteiger partial charge in [0, 0.05) is 58.4 Å². The average Bonchev–Trinajstić information content (AvgIpc) is 3.09.